The Kier molecular flexibility index (Phi) is 3.62. The van der Waals surface area contributed by atoms with Gasteiger partial charge in [0.1, 0.15) is 5.82 Å². The molecule has 2 aromatic heterocycles. The average Bonchev–Trinajstić information content (AvgIpc) is 2.96. The van der Waals surface area contributed by atoms with Crippen molar-refractivity contribution in [1.82, 2.24) is 20.2 Å². The summed E-state index contributed by atoms with van der Waals surface area (Å²) in [5.74, 6) is 1.35. The van der Waals surface area contributed by atoms with E-state index in [9.17, 15) is 0 Å². The van der Waals surface area contributed by atoms with Crippen LogP contribution in [0.4, 0.5) is 11.8 Å². The highest BCUT2D eigenvalue weighted by Crippen LogP contribution is 2.25. The molecule has 6 nitrogen and oxygen atoms in total. The Morgan fingerprint density at radius 1 is 1.29 bits per heavy atom. The molecule has 0 aliphatic carbocycles. The molecule has 108 valence electrons. The zero-order valence-corrected chi connectivity index (χ0v) is 12.5. The van der Waals surface area contributed by atoms with E-state index in [0.717, 1.165) is 21.8 Å². The van der Waals surface area contributed by atoms with Gasteiger partial charge in [-0.25, -0.2) is 0 Å². The fourth-order valence-electron chi connectivity index (χ4n) is 2.18. The maximum absolute atomic E-state index is 6.22. The Bertz CT molecular complexity index is 769. The molecule has 0 saturated heterocycles. The smallest absolute Gasteiger partial charge is 0.226 e. The van der Waals surface area contributed by atoms with Crippen molar-refractivity contribution in [3.05, 3.63) is 41.0 Å². The normalized spacial score (nSPS) is 10.8. The molecule has 0 amide bonds. The molecule has 7 heteroatoms. The minimum absolute atomic E-state index is 0.549. The summed E-state index contributed by atoms with van der Waals surface area (Å²) in [6.07, 6.45) is 1.73. The molecule has 0 atom stereocenters. The van der Waals surface area contributed by atoms with E-state index >= 15 is 0 Å². The molecule has 0 aliphatic rings. The highest BCUT2D eigenvalue weighted by atomic mass is 35.5. The molecule has 0 fully saturated rings. The van der Waals surface area contributed by atoms with Crippen LogP contribution in [0.2, 0.25) is 5.02 Å². The molecule has 21 heavy (non-hydrogen) atoms. The molecular weight excluding hydrogens is 288 g/mol. The SMILES string of the molecule is CNc1nc(N(C)Cc2ccccc2Cl)c2cn[nH]c2n1. The van der Waals surface area contributed by atoms with Crippen molar-refractivity contribution >= 4 is 34.4 Å². The lowest BCUT2D eigenvalue weighted by Crippen LogP contribution is -2.19. The molecule has 3 rings (SSSR count). The van der Waals surface area contributed by atoms with Crippen LogP contribution in [0.5, 0.6) is 0 Å². The largest absolute Gasteiger partial charge is 0.357 e. The van der Waals surface area contributed by atoms with Crippen molar-refractivity contribution in [3.8, 4) is 0 Å². The molecule has 2 N–H and O–H groups in total. The van der Waals surface area contributed by atoms with Gasteiger partial charge < -0.3 is 10.2 Å². The van der Waals surface area contributed by atoms with E-state index in [1.165, 1.54) is 0 Å². The third kappa shape index (κ3) is 2.62. The van der Waals surface area contributed by atoms with Crippen molar-refractivity contribution in [2.24, 2.45) is 0 Å². The van der Waals surface area contributed by atoms with Crippen LogP contribution in [0, 0.1) is 0 Å². The van der Waals surface area contributed by atoms with E-state index in [-0.39, 0.29) is 0 Å². The standard InChI is InChI=1S/C14H15ClN6/c1-16-14-18-12-10(7-17-20-12)13(19-14)21(2)8-9-5-3-4-6-11(9)15/h3-7H,8H2,1-2H3,(H2,16,17,18,19,20). The zero-order chi connectivity index (χ0) is 14.8. The number of H-pyrrole nitrogens is 1. The first-order chi connectivity index (χ1) is 10.2. The second kappa shape index (κ2) is 5.57. The second-order valence-corrected chi connectivity index (χ2v) is 5.11. The van der Waals surface area contributed by atoms with Crippen molar-refractivity contribution in [2.45, 2.75) is 6.54 Å². The van der Waals surface area contributed by atoms with Crippen LogP contribution in [0.25, 0.3) is 11.0 Å². The van der Waals surface area contributed by atoms with Crippen LogP contribution in [0.15, 0.2) is 30.5 Å². The average molecular weight is 303 g/mol. The molecular formula is C14H15ClN6. The quantitative estimate of drug-likeness (QED) is 0.775. The molecule has 0 bridgehead atoms. The lowest BCUT2D eigenvalue weighted by molar-refractivity contribution is 0.901. The molecule has 0 unspecified atom stereocenters. The summed E-state index contributed by atoms with van der Waals surface area (Å²) < 4.78 is 0. The maximum Gasteiger partial charge on any atom is 0.226 e. The van der Waals surface area contributed by atoms with Crippen LogP contribution in [0.3, 0.4) is 0 Å². The number of aromatic amines is 1. The van der Waals surface area contributed by atoms with Gasteiger partial charge in [0.2, 0.25) is 5.95 Å². The Morgan fingerprint density at radius 2 is 2.10 bits per heavy atom. The number of aromatic nitrogens is 4. The molecule has 0 radical (unpaired) electrons. The van der Waals surface area contributed by atoms with Gasteiger partial charge in [0.15, 0.2) is 5.65 Å². The summed E-state index contributed by atoms with van der Waals surface area (Å²) in [4.78, 5) is 10.9. The fourth-order valence-corrected chi connectivity index (χ4v) is 2.37. The third-order valence-corrected chi connectivity index (χ3v) is 3.61. The van der Waals surface area contributed by atoms with Gasteiger partial charge in [-0.3, -0.25) is 5.10 Å². The lowest BCUT2D eigenvalue weighted by atomic mass is 10.2. The van der Waals surface area contributed by atoms with Gasteiger partial charge in [0.05, 0.1) is 11.6 Å². The molecule has 0 spiro atoms. The van der Waals surface area contributed by atoms with E-state index in [1.54, 1.807) is 13.2 Å². The number of hydrogen-bond donors (Lipinski definition) is 2. The summed E-state index contributed by atoms with van der Waals surface area (Å²) >= 11 is 6.22. The first kappa shape index (κ1) is 13.6. The zero-order valence-electron chi connectivity index (χ0n) is 11.8. The number of halogens is 1. The van der Waals surface area contributed by atoms with Gasteiger partial charge in [-0.05, 0) is 11.6 Å². The van der Waals surface area contributed by atoms with E-state index in [1.807, 2.05) is 36.2 Å². The van der Waals surface area contributed by atoms with Crippen LogP contribution < -0.4 is 10.2 Å². The number of anilines is 2. The van der Waals surface area contributed by atoms with Gasteiger partial charge in [0.25, 0.3) is 0 Å². The van der Waals surface area contributed by atoms with Gasteiger partial charge in [0, 0.05) is 25.7 Å². The Morgan fingerprint density at radius 3 is 2.86 bits per heavy atom. The van der Waals surface area contributed by atoms with E-state index in [4.69, 9.17) is 11.6 Å². The van der Waals surface area contributed by atoms with Gasteiger partial charge in [-0.15, -0.1) is 0 Å². The molecule has 0 saturated carbocycles. The Labute approximate surface area is 127 Å². The summed E-state index contributed by atoms with van der Waals surface area (Å²) in [7, 11) is 3.76. The lowest BCUT2D eigenvalue weighted by Gasteiger charge is -2.20. The van der Waals surface area contributed by atoms with E-state index < -0.39 is 0 Å². The number of hydrogen-bond acceptors (Lipinski definition) is 5. The second-order valence-electron chi connectivity index (χ2n) is 4.70. The van der Waals surface area contributed by atoms with Crippen molar-refractivity contribution in [1.29, 1.82) is 0 Å². The van der Waals surface area contributed by atoms with Crippen LogP contribution in [0.1, 0.15) is 5.56 Å². The monoisotopic (exact) mass is 302 g/mol. The minimum Gasteiger partial charge on any atom is -0.357 e. The number of benzene rings is 1. The minimum atomic E-state index is 0.549. The third-order valence-electron chi connectivity index (χ3n) is 3.24. The number of nitrogens with one attached hydrogen (secondary N) is 2. The van der Waals surface area contributed by atoms with Crippen molar-refractivity contribution in [2.75, 3.05) is 24.3 Å². The van der Waals surface area contributed by atoms with Crippen LogP contribution in [-0.2, 0) is 6.54 Å². The Balaban J connectivity index is 1.99. The highest BCUT2D eigenvalue weighted by Gasteiger charge is 2.14. The molecule has 1 aromatic carbocycles. The topological polar surface area (TPSA) is 69.7 Å². The van der Waals surface area contributed by atoms with Crippen LogP contribution >= 0.6 is 11.6 Å². The van der Waals surface area contributed by atoms with E-state index in [2.05, 4.69) is 25.5 Å². The predicted octanol–water partition coefficient (Wildman–Crippen LogP) is 2.68. The molecule has 0 aliphatic heterocycles. The number of rotatable bonds is 4. The molecule has 2 heterocycles. The van der Waals surface area contributed by atoms with Crippen LogP contribution in [-0.4, -0.2) is 34.3 Å². The first-order valence-electron chi connectivity index (χ1n) is 6.52. The number of fused-ring (bicyclic) bond motifs is 1. The van der Waals surface area contributed by atoms with Gasteiger partial charge >= 0.3 is 0 Å². The molecule has 3 aromatic rings. The number of nitrogens with zero attached hydrogens (tertiary/aromatic N) is 4. The fraction of sp³-hybridized carbons (Fsp3) is 0.214. The summed E-state index contributed by atoms with van der Waals surface area (Å²) in [5, 5.41) is 11.5. The summed E-state index contributed by atoms with van der Waals surface area (Å²) in [6, 6.07) is 7.79. The van der Waals surface area contributed by atoms with Gasteiger partial charge in [-0.1, -0.05) is 29.8 Å². The van der Waals surface area contributed by atoms with E-state index in [0.29, 0.717) is 18.1 Å². The van der Waals surface area contributed by atoms with Crippen molar-refractivity contribution < 1.29 is 0 Å². The van der Waals surface area contributed by atoms with Crippen molar-refractivity contribution in [3.63, 3.8) is 0 Å². The maximum atomic E-state index is 6.22. The Hall–Kier alpha value is -2.34. The first-order valence-corrected chi connectivity index (χ1v) is 6.90. The summed E-state index contributed by atoms with van der Waals surface area (Å²) in [6.45, 7) is 0.653. The predicted molar refractivity (Wildman–Crippen MR) is 84.8 cm³/mol. The van der Waals surface area contributed by atoms with Gasteiger partial charge in [-0.2, -0.15) is 15.1 Å². The highest BCUT2D eigenvalue weighted by molar-refractivity contribution is 6.31. The summed E-state index contributed by atoms with van der Waals surface area (Å²) in [5.41, 5.74) is 1.75.